The summed E-state index contributed by atoms with van der Waals surface area (Å²) in [6.07, 6.45) is 5.03. The molecule has 0 saturated carbocycles. The predicted octanol–water partition coefficient (Wildman–Crippen LogP) is 1.04. The fraction of sp³-hybridized carbons (Fsp3) is 0.250. The summed E-state index contributed by atoms with van der Waals surface area (Å²) in [5.74, 6) is 1.14. The molecule has 0 amide bonds. The van der Waals surface area contributed by atoms with Crippen LogP contribution in [-0.2, 0) is 6.54 Å². The highest BCUT2D eigenvalue weighted by Gasteiger charge is 2.12. The molecule has 0 atom stereocenters. The molecule has 0 aliphatic carbocycles. The zero-order valence-electron chi connectivity index (χ0n) is 11.6. The van der Waals surface area contributed by atoms with Gasteiger partial charge in [-0.25, -0.2) is 9.97 Å². The molecule has 0 radical (unpaired) electrons. The minimum atomic E-state index is 0.177. The largest absolute Gasteiger partial charge is 0.368 e. The standard InChI is InChI=1S/C12H14N8S/c1-8-9(21-7-15-8)5-19(2)11-16-10(13)17-12(18-11)20-4-3-14-6-20/h3-4,6-7H,5H2,1-2H3,(H2,13,16,17,18). The Balaban J connectivity index is 1.89. The molecule has 0 aliphatic heterocycles. The third-order valence-electron chi connectivity index (χ3n) is 2.93. The third kappa shape index (κ3) is 2.82. The minimum absolute atomic E-state index is 0.177. The number of nitrogens with zero attached hydrogens (tertiary/aromatic N) is 7. The lowest BCUT2D eigenvalue weighted by molar-refractivity contribution is 0.829. The number of aromatic nitrogens is 6. The average molecular weight is 302 g/mol. The van der Waals surface area contributed by atoms with E-state index in [1.807, 2.05) is 24.4 Å². The molecular formula is C12H14N8S. The van der Waals surface area contributed by atoms with Gasteiger partial charge in [0.1, 0.15) is 6.33 Å². The molecule has 0 aromatic carbocycles. The molecule has 108 valence electrons. The summed E-state index contributed by atoms with van der Waals surface area (Å²) in [6, 6.07) is 0. The maximum atomic E-state index is 5.77. The van der Waals surface area contributed by atoms with Crippen molar-refractivity contribution in [1.82, 2.24) is 29.5 Å². The van der Waals surface area contributed by atoms with Crippen molar-refractivity contribution in [2.75, 3.05) is 17.7 Å². The van der Waals surface area contributed by atoms with Gasteiger partial charge >= 0.3 is 0 Å². The molecule has 0 spiro atoms. The average Bonchev–Trinajstić information content (AvgIpc) is 3.11. The van der Waals surface area contributed by atoms with Gasteiger partial charge in [-0.2, -0.15) is 15.0 Å². The smallest absolute Gasteiger partial charge is 0.241 e. The summed E-state index contributed by atoms with van der Waals surface area (Å²) in [4.78, 5) is 24.0. The van der Waals surface area contributed by atoms with Crippen molar-refractivity contribution >= 4 is 23.2 Å². The Bertz CT molecular complexity index is 736. The fourth-order valence-electron chi connectivity index (χ4n) is 1.80. The van der Waals surface area contributed by atoms with E-state index >= 15 is 0 Å². The molecule has 2 N–H and O–H groups in total. The topological polar surface area (TPSA) is 98.6 Å². The first-order chi connectivity index (χ1) is 10.1. The second-order valence-electron chi connectivity index (χ2n) is 4.48. The van der Waals surface area contributed by atoms with E-state index in [4.69, 9.17) is 5.73 Å². The number of anilines is 2. The molecule has 0 unspecified atom stereocenters. The van der Waals surface area contributed by atoms with E-state index in [9.17, 15) is 0 Å². The molecular weight excluding hydrogens is 288 g/mol. The second-order valence-corrected chi connectivity index (χ2v) is 5.42. The van der Waals surface area contributed by atoms with Crippen molar-refractivity contribution in [1.29, 1.82) is 0 Å². The minimum Gasteiger partial charge on any atom is -0.368 e. The molecule has 21 heavy (non-hydrogen) atoms. The van der Waals surface area contributed by atoms with Crippen molar-refractivity contribution in [3.8, 4) is 5.95 Å². The van der Waals surface area contributed by atoms with Gasteiger partial charge in [0, 0.05) is 24.3 Å². The Labute approximate surface area is 125 Å². The van der Waals surface area contributed by atoms with Crippen LogP contribution in [0.4, 0.5) is 11.9 Å². The van der Waals surface area contributed by atoms with E-state index in [1.54, 1.807) is 34.6 Å². The van der Waals surface area contributed by atoms with Crippen molar-refractivity contribution in [2.45, 2.75) is 13.5 Å². The number of aryl methyl sites for hydroxylation is 1. The highest BCUT2D eigenvalue weighted by Crippen LogP contribution is 2.18. The summed E-state index contributed by atoms with van der Waals surface area (Å²) in [5.41, 5.74) is 8.62. The van der Waals surface area contributed by atoms with Crippen molar-refractivity contribution < 1.29 is 0 Å². The van der Waals surface area contributed by atoms with Crippen LogP contribution in [0.1, 0.15) is 10.6 Å². The number of nitrogens with two attached hydrogens (primary N) is 1. The Kier molecular flexibility index (Phi) is 3.48. The van der Waals surface area contributed by atoms with Crippen molar-refractivity contribution in [2.24, 2.45) is 0 Å². The lowest BCUT2D eigenvalue weighted by atomic mass is 10.4. The highest BCUT2D eigenvalue weighted by atomic mass is 32.1. The SMILES string of the molecule is Cc1ncsc1CN(C)c1nc(N)nc(-n2ccnc2)n1. The summed E-state index contributed by atoms with van der Waals surface area (Å²) in [7, 11) is 1.91. The van der Waals surface area contributed by atoms with E-state index in [0.29, 0.717) is 18.4 Å². The third-order valence-corrected chi connectivity index (χ3v) is 3.85. The van der Waals surface area contributed by atoms with Gasteiger partial charge in [0.2, 0.25) is 17.8 Å². The molecule has 0 saturated heterocycles. The van der Waals surface area contributed by atoms with Gasteiger partial charge in [-0.15, -0.1) is 11.3 Å². The van der Waals surface area contributed by atoms with Crippen LogP contribution in [-0.4, -0.2) is 36.5 Å². The zero-order chi connectivity index (χ0) is 14.8. The molecule has 0 bridgehead atoms. The van der Waals surface area contributed by atoms with Crippen molar-refractivity contribution in [3.05, 3.63) is 34.8 Å². The van der Waals surface area contributed by atoms with Crippen LogP contribution in [0.25, 0.3) is 5.95 Å². The first-order valence-electron chi connectivity index (χ1n) is 6.23. The molecule has 9 heteroatoms. The van der Waals surface area contributed by atoms with Gasteiger partial charge in [-0.3, -0.25) is 4.57 Å². The van der Waals surface area contributed by atoms with Gasteiger partial charge in [-0.05, 0) is 6.92 Å². The first-order valence-corrected chi connectivity index (χ1v) is 7.11. The maximum Gasteiger partial charge on any atom is 0.241 e. The van der Waals surface area contributed by atoms with Crippen LogP contribution in [0.5, 0.6) is 0 Å². The summed E-state index contributed by atoms with van der Waals surface area (Å²) >= 11 is 1.61. The number of hydrogen-bond acceptors (Lipinski definition) is 8. The molecule has 3 aromatic rings. The van der Waals surface area contributed by atoms with E-state index in [0.717, 1.165) is 5.69 Å². The van der Waals surface area contributed by atoms with E-state index in [2.05, 4.69) is 24.9 Å². The predicted molar refractivity (Wildman–Crippen MR) is 80.3 cm³/mol. The number of nitrogen functional groups attached to an aromatic ring is 1. The summed E-state index contributed by atoms with van der Waals surface area (Å²) in [6.45, 7) is 2.65. The lowest BCUT2D eigenvalue weighted by Gasteiger charge is -2.17. The quantitative estimate of drug-likeness (QED) is 0.768. The summed E-state index contributed by atoms with van der Waals surface area (Å²) < 4.78 is 1.69. The number of rotatable bonds is 4. The lowest BCUT2D eigenvalue weighted by Crippen LogP contribution is -2.21. The van der Waals surface area contributed by atoms with E-state index in [-0.39, 0.29) is 5.95 Å². The molecule has 3 heterocycles. The van der Waals surface area contributed by atoms with Crippen LogP contribution in [0.15, 0.2) is 24.2 Å². The maximum absolute atomic E-state index is 5.77. The van der Waals surface area contributed by atoms with Crippen LogP contribution in [0.3, 0.4) is 0 Å². The van der Waals surface area contributed by atoms with Crippen LogP contribution < -0.4 is 10.6 Å². The Morgan fingerprint density at radius 2 is 2.19 bits per heavy atom. The molecule has 0 aliphatic rings. The second kappa shape index (κ2) is 5.44. The van der Waals surface area contributed by atoms with E-state index < -0.39 is 0 Å². The van der Waals surface area contributed by atoms with Gasteiger partial charge in [0.05, 0.1) is 17.7 Å². The molecule has 3 aromatic heterocycles. The number of thiazole rings is 1. The van der Waals surface area contributed by atoms with Gasteiger partial charge in [0.25, 0.3) is 0 Å². The Morgan fingerprint density at radius 3 is 2.86 bits per heavy atom. The first kappa shape index (κ1) is 13.4. The highest BCUT2D eigenvalue weighted by molar-refractivity contribution is 7.09. The fourth-order valence-corrected chi connectivity index (χ4v) is 2.63. The van der Waals surface area contributed by atoms with Gasteiger partial charge in [-0.1, -0.05) is 0 Å². The Hall–Kier alpha value is -2.55. The van der Waals surface area contributed by atoms with Crippen LogP contribution in [0, 0.1) is 6.92 Å². The Morgan fingerprint density at radius 1 is 1.33 bits per heavy atom. The molecule has 0 fully saturated rings. The van der Waals surface area contributed by atoms with Gasteiger partial charge in [0.15, 0.2) is 0 Å². The van der Waals surface area contributed by atoms with E-state index in [1.165, 1.54) is 4.88 Å². The zero-order valence-corrected chi connectivity index (χ0v) is 12.4. The number of imidazole rings is 1. The number of hydrogen-bond donors (Lipinski definition) is 1. The summed E-state index contributed by atoms with van der Waals surface area (Å²) in [5, 5.41) is 0. The normalized spacial score (nSPS) is 10.8. The van der Waals surface area contributed by atoms with Crippen LogP contribution in [0.2, 0.25) is 0 Å². The molecule has 3 rings (SSSR count). The van der Waals surface area contributed by atoms with Crippen LogP contribution >= 0.6 is 11.3 Å². The van der Waals surface area contributed by atoms with Crippen molar-refractivity contribution in [3.63, 3.8) is 0 Å². The molecule has 8 nitrogen and oxygen atoms in total. The monoisotopic (exact) mass is 302 g/mol. The van der Waals surface area contributed by atoms with Gasteiger partial charge < -0.3 is 10.6 Å².